The normalized spacial score (nSPS) is 20.7. The minimum atomic E-state index is -1.06. The monoisotopic (exact) mass is 510 g/mol. The van der Waals surface area contributed by atoms with Crippen LogP contribution in [0.3, 0.4) is 0 Å². The lowest BCUT2D eigenvalue weighted by molar-refractivity contribution is -0.0459. The number of fused-ring (bicyclic) bond motifs is 1. The van der Waals surface area contributed by atoms with Gasteiger partial charge in [-0.25, -0.2) is 0 Å². The summed E-state index contributed by atoms with van der Waals surface area (Å²) in [5, 5.41) is 0. The van der Waals surface area contributed by atoms with Gasteiger partial charge in [0, 0.05) is 23.3 Å². The zero-order valence-electron chi connectivity index (χ0n) is 21.3. The molecule has 0 amide bonds. The van der Waals surface area contributed by atoms with Crippen LogP contribution in [-0.4, -0.2) is 21.9 Å². The van der Waals surface area contributed by atoms with Crippen molar-refractivity contribution < 1.29 is 14.0 Å². The summed E-state index contributed by atoms with van der Waals surface area (Å²) in [6.07, 6.45) is 11.2. The molecule has 3 aromatic carbocycles. The Morgan fingerprint density at radius 2 is 1.51 bits per heavy atom. The van der Waals surface area contributed by atoms with Crippen LogP contribution in [0.15, 0.2) is 119 Å². The van der Waals surface area contributed by atoms with Crippen LogP contribution in [0.4, 0.5) is 0 Å². The molecule has 1 unspecified atom stereocenters. The molecule has 1 N–H and O–H groups in total. The Balaban J connectivity index is 1.22. The Hall–Kier alpha value is -3.25. The fourth-order valence-corrected chi connectivity index (χ4v) is 6.28. The molecule has 1 atom stereocenters. The molecule has 0 bridgehead atoms. The van der Waals surface area contributed by atoms with E-state index in [9.17, 15) is 4.55 Å². The second-order valence-corrected chi connectivity index (χ2v) is 12.0. The van der Waals surface area contributed by atoms with Crippen LogP contribution in [-0.2, 0) is 17.1 Å². The van der Waals surface area contributed by atoms with Gasteiger partial charge in [0.25, 0.3) is 11.4 Å². The van der Waals surface area contributed by atoms with E-state index in [-0.39, 0.29) is 5.41 Å². The number of allylic oxidation sites excluding steroid dienone is 4. The van der Waals surface area contributed by atoms with Crippen molar-refractivity contribution in [2.75, 3.05) is 13.1 Å². The number of ether oxygens (including phenoxy) is 2. The van der Waals surface area contributed by atoms with E-state index < -0.39 is 17.1 Å². The van der Waals surface area contributed by atoms with Gasteiger partial charge in [0.1, 0.15) is 0 Å². The van der Waals surface area contributed by atoms with Gasteiger partial charge in [0.2, 0.25) is 4.90 Å². The van der Waals surface area contributed by atoms with Crippen molar-refractivity contribution in [2.45, 2.75) is 37.4 Å². The lowest BCUT2D eigenvalue weighted by Gasteiger charge is -2.28. The van der Waals surface area contributed by atoms with E-state index in [2.05, 4.69) is 42.5 Å². The predicted molar refractivity (Wildman–Crippen MR) is 150 cm³/mol. The van der Waals surface area contributed by atoms with Gasteiger partial charge in [-0.05, 0) is 35.5 Å². The van der Waals surface area contributed by atoms with Crippen molar-refractivity contribution in [1.29, 1.82) is 0 Å². The van der Waals surface area contributed by atoms with E-state index in [0.29, 0.717) is 11.5 Å². The number of hydrogen-bond acceptors (Lipinski definition) is 4. The Labute approximate surface area is 222 Å². The van der Waals surface area contributed by atoms with Gasteiger partial charge in [-0.15, -0.1) is 0 Å². The van der Waals surface area contributed by atoms with Crippen molar-refractivity contribution in [3.05, 3.63) is 125 Å². The molecule has 1 aliphatic carbocycles. The van der Waals surface area contributed by atoms with E-state index in [4.69, 9.17) is 9.47 Å². The first-order valence-electron chi connectivity index (χ1n) is 12.8. The summed E-state index contributed by atoms with van der Waals surface area (Å²) in [7, 11) is 0. The lowest BCUT2D eigenvalue weighted by Crippen LogP contribution is -2.36. The Morgan fingerprint density at radius 3 is 2.11 bits per heavy atom. The average molecular weight is 511 g/mol. The highest BCUT2D eigenvalue weighted by atomic mass is 32.2. The fraction of sp³-hybridized carbons (Fsp3) is 0.250. The molecule has 188 valence electrons. The number of hydrogen-bond donors (Lipinski definition) is 1. The summed E-state index contributed by atoms with van der Waals surface area (Å²) in [4.78, 5) is 0.828. The Kier molecular flexibility index (Phi) is 6.23. The third kappa shape index (κ3) is 4.63. The number of rotatable bonds is 5. The van der Waals surface area contributed by atoms with E-state index in [1.54, 1.807) is 0 Å². The first-order valence-corrected chi connectivity index (χ1v) is 14.0. The van der Waals surface area contributed by atoms with Crippen LogP contribution >= 0.6 is 0 Å². The molecule has 0 aromatic heterocycles. The summed E-state index contributed by atoms with van der Waals surface area (Å²) >= 11 is -1.04. The highest BCUT2D eigenvalue weighted by Gasteiger charge is 2.46. The van der Waals surface area contributed by atoms with Gasteiger partial charge in [-0.1, -0.05) is 103 Å². The highest BCUT2D eigenvalue weighted by Crippen LogP contribution is 2.48. The van der Waals surface area contributed by atoms with Crippen molar-refractivity contribution in [3.8, 4) is 11.5 Å². The molecule has 4 nitrogen and oxygen atoms in total. The smallest absolute Gasteiger partial charge is 0.305 e. The standard InChI is InChI=1S/C32H32NO3S/c1-31(2)19-15-24(16-20-31)25-17-21-33(22-18-25)37(34)28-13-14-29-30(23-28)36-32(35-29,26-9-5-3-6-10-26)27-11-7-4-8-12-27/h3-17,19,23,34H,18,20-22H2,1-2H3/q+1. The molecule has 3 aliphatic rings. The van der Waals surface area contributed by atoms with E-state index >= 15 is 0 Å². The SMILES string of the molecule is CC1(C)C=CC(C2=CCN([S+](O)c3ccc4c(c3)OC(c3ccccc3)(c3ccccc3)O4)CC2)=CC1. The molecular weight excluding hydrogens is 478 g/mol. The van der Waals surface area contributed by atoms with Crippen molar-refractivity contribution in [1.82, 2.24) is 4.31 Å². The number of nitrogens with zero attached hydrogens (tertiary/aromatic N) is 1. The summed E-state index contributed by atoms with van der Waals surface area (Å²) in [5.41, 5.74) is 4.79. The molecule has 0 fully saturated rings. The molecule has 5 heteroatoms. The first-order chi connectivity index (χ1) is 17.9. The Bertz CT molecular complexity index is 1340. The van der Waals surface area contributed by atoms with E-state index in [1.807, 2.05) is 78.9 Å². The Morgan fingerprint density at radius 1 is 0.838 bits per heavy atom. The molecule has 0 spiro atoms. The first kappa shape index (κ1) is 24.1. The largest absolute Gasteiger partial charge is 0.440 e. The maximum Gasteiger partial charge on any atom is 0.305 e. The van der Waals surface area contributed by atoms with Gasteiger partial charge in [0.15, 0.2) is 11.5 Å². The van der Waals surface area contributed by atoms with Crippen LogP contribution in [0.5, 0.6) is 11.5 Å². The van der Waals surface area contributed by atoms with Crippen LogP contribution in [0.2, 0.25) is 0 Å². The van der Waals surface area contributed by atoms with Crippen molar-refractivity contribution in [3.63, 3.8) is 0 Å². The second kappa shape index (κ2) is 9.56. The van der Waals surface area contributed by atoms with Crippen LogP contribution < -0.4 is 9.47 Å². The zero-order valence-corrected chi connectivity index (χ0v) is 22.1. The van der Waals surface area contributed by atoms with Crippen LogP contribution in [0.1, 0.15) is 37.8 Å². The molecule has 2 heterocycles. The predicted octanol–water partition coefficient (Wildman–Crippen LogP) is 7.27. The minimum absolute atomic E-state index is 0.236. The average Bonchev–Trinajstić information content (AvgIpc) is 3.34. The van der Waals surface area contributed by atoms with E-state index in [0.717, 1.165) is 42.0 Å². The maximum absolute atomic E-state index is 11.3. The van der Waals surface area contributed by atoms with E-state index in [1.165, 1.54) is 11.1 Å². The highest BCUT2D eigenvalue weighted by molar-refractivity contribution is 7.89. The van der Waals surface area contributed by atoms with Gasteiger partial charge in [0.05, 0.1) is 13.1 Å². The quantitative estimate of drug-likeness (QED) is 0.367. The van der Waals surface area contributed by atoms with Crippen LogP contribution in [0.25, 0.3) is 0 Å². The summed E-state index contributed by atoms with van der Waals surface area (Å²) in [6, 6.07) is 25.8. The third-order valence-corrected chi connectivity index (χ3v) is 8.79. The van der Waals surface area contributed by atoms with Crippen LogP contribution in [0, 0.1) is 5.41 Å². The minimum Gasteiger partial charge on any atom is -0.440 e. The van der Waals surface area contributed by atoms with Gasteiger partial charge in [-0.3, -0.25) is 0 Å². The maximum atomic E-state index is 11.3. The number of benzene rings is 3. The molecule has 0 saturated carbocycles. The van der Waals surface area contributed by atoms with Gasteiger partial charge >= 0.3 is 5.79 Å². The summed E-state index contributed by atoms with van der Waals surface area (Å²) in [5.74, 6) is 0.258. The molecule has 3 aromatic rings. The van der Waals surface area contributed by atoms with Gasteiger partial charge in [-0.2, -0.15) is 4.55 Å². The molecule has 6 rings (SSSR count). The second-order valence-electron chi connectivity index (χ2n) is 10.5. The summed E-state index contributed by atoms with van der Waals surface area (Å²) < 4.78 is 26.5. The van der Waals surface area contributed by atoms with Crippen molar-refractivity contribution in [2.24, 2.45) is 5.41 Å². The molecule has 0 saturated heterocycles. The topological polar surface area (TPSA) is 41.9 Å². The summed E-state index contributed by atoms with van der Waals surface area (Å²) in [6.45, 7) is 6.06. The molecular formula is C32H32NO3S+. The van der Waals surface area contributed by atoms with Crippen molar-refractivity contribution >= 4 is 11.4 Å². The lowest BCUT2D eigenvalue weighted by atomic mass is 9.82. The van der Waals surface area contributed by atoms with Gasteiger partial charge < -0.3 is 9.47 Å². The third-order valence-electron chi connectivity index (χ3n) is 7.29. The molecule has 2 aliphatic heterocycles. The zero-order chi connectivity index (χ0) is 25.5. The fourth-order valence-electron chi connectivity index (χ4n) is 5.10. The molecule has 0 radical (unpaired) electrons. The molecule has 37 heavy (non-hydrogen) atoms.